The second-order valence-electron chi connectivity index (χ2n) is 10.8. The van der Waals surface area contributed by atoms with Crippen LogP contribution in [0.1, 0.15) is 63.3 Å². The van der Waals surface area contributed by atoms with E-state index in [9.17, 15) is 17.6 Å². The molecule has 0 aliphatic heterocycles. The van der Waals surface area contributed by atoms with Crippen molar-refractivity contribution in [3.8, 4) is 5.75 Å². The van der Waals surface area contributed by atoms with E-state index in [2.05, 4.69) is 54.3 Å². The van der Waals surface area contributed by atoms with Crippen LogP contribution in [0.4, 0.5) is 17.6 Å². The minimum atomic E-state index is -4.66. The Balaban J connectivity index is 2.12. The number of ether oxygens (including phenoxy) is 1. The van der Waals surface area contributed by atoms with Crippen LogP contribution in [0.3, 0.4) is 0 Å². The second kappa shape index (κ2) is 15.3. The number of aromatic nitrogens is 1. The van der Waals surface area contributed by atoms with Crippen molar-refractivity contribution in [2.24, 2.45) is 5.92 Å². The van der Waals surface area contributed by atoms with Crippen molar-refractivity contribution in [2.45, 2.75) is 77.0 Å². The largest absolute Gasteiger partial charge is 0.461 e. The number of benzene rings is 2. The van der Waals surface area contributed by atoms with Gasteiger partial charge in [-0.15, -0.1) is 0 Å². The van der Waals surface area contributed by atoms with Gasteiger partial charge in [0.15, 0.2) is 0 Å². The Labute approximate surface area is 257 Å². The Morgan fingerprint density at radius 3 is 2.33 bits per heavy atom. The smallest absolute Gasteiger partial charge is 0.428 e. The highest BCUT2D eigenvalue weighted by atomic mass is 35.5. The van der Waals surface area contributed by atoms with Gasteiger partial charge in [0.1, 0.15) is 11.3 Å². The van der Waals surface area contributed by atoms with Crippen LogP contribution in [0.2, 0.25) is 5.02 Å². The molecule has 232 valence electrons. The molecule has 0 aliphatic carbocycles. The Morgan fingerprint density at radius 1 is 1.00 bits per heavy atom. The van der Waals surface area contributed by atoms with Gasteiger partial charge in [-0.25, -0.2) is 0 Å². The van der Waals surface area contributed by atoms with E-state index in [1.165, 1.54) is 24.4 Å². The summed E-state index contributed by atoms with van der Waals surface area (Å²) < 4.78 is 58.4. The first-order valence-corrected chi connectivity index (χ1v) is 14.8. The van der Waals surface area contributed by atoms with Gasteiger partial charge in [-0.05, 0) is 61.1 Å². The number of hydrogen-bond donors (Lipinski definition) is 2. The normalized spacial score (nSPS) is 14.4. The van der Waals surface area contributed by atoms with Gasteiger partial charge >= 0.3 is 12.5 Å². The zero-order valence-corrected chi connectivity index (χ0v) is 25.6. The molecule has 2 aromatic carbocycles. The summed E-state index contributed by atoms with van der Waals surface area (Å²) in [7, 11) is 0. The van der Waals surface area contributed by atoms with E-state index >= 15 is 0 Å². The molecule has 9 heteroatoms. The van der Waals surface area contributed by atoms with E-state index in [1.807, 2.05) is 30.3 Å². The van der Waals surface area contributed by atoms with Crippen LogP contribution >= 0.6 is 11.6 Å². The maximum atomic E-state index is 13.9. The number of halogens is 5. The van der Waals surface area contributed by atoms with Crippen LogP contribution in [0, 0.1) is 5.92 Å². The predicted molar refractivity (Wildman–Crippen MR) is 166 cm³/mol. The van der Waals surface area contributed by atoms with E-state index < -0.39 is 23.8 Å². The molecule has 0 fully saturated rings. The van der Waals surface area contributed by atoms with E-state index in [0.717, 1.165) is 36.8 Å². The summed E-state index contributed by atoms with van der Waals surface area (Å²) in [5.41, 5.74) is 1.82. The van der Waals surface area contributed by atoms with E-state index in [0.29, 0.717) is 28.5 Å². The first kappa shape index (κ1) is 34.0. The van der Waals surface area contributed by atoms with Gasteiger partial charge < -0.3 is 15.4 Å². The third kappa shape index (κ3) is 8.99. The molecule has 1 aromatic heterocycles. The molecule has 3 aromatic rings. The topological polar surface area (TPSA) is 46.2 Å². The lowest BCUT2D eigenvalue weighted by Gasteiger charge is -2.39. The summed E-state index contributed by atoms with van der Waals surface area (Å²) in [5.74, 6) is 0.255. The summed E-state index contributed by atoms with van der Waals surface area (Å²) in [6.45, 7) is 15.0. The summed E-state index contributed by atoms with van der Waals surface area (Å²) in [5, 5.41) is 7.41. The molecule has 43 heavy (non-hydrogen) atoms. The number of nitrogens with one attached hydrogen (secondary N) is 2. The van der Waals surface area contributed by atoms with Gasteiger partial charge in [-0.3, -0.25) is 4.98 Å². The van der Waals surface area contributed by atoms with Crippen LogP contribution < -0.4 is 15.4 Å². The Morgan fingerprint density at radius 2 is 1.72 bits per heavy atom. The Kier molecular flexibility index (Phi) is 12.1. The maximum absolute atomic E-state index is 13.9. The van der Waals surface area contributed by atoms with Crippen LogP contribution in [0.25, 0.3) is 0 Å². The molecule has 0 bridgehead atoms. The molecule has 4 nitrogen and oxygen atoms in total. The molecule has 1 heterocycles. The Bertz CT molecular complexity index is 1340. The lowest BCUT2D eigenvalue weighted by Crippen LogP contribution is -2.50. The maximum Gasteiger partial charge on any atom is 0.461 e. The van der Waals surface area contributed by atoms with Gasteiger partial charge in [0, 0.05) is 18.7 Å². The highest BCUT2D eigenvalue weighted by molar-refractivity contribution is 6.30. The van der Waals surface area contributed by atoms with Crippen LogP contribution in [-0.4, -0.2) is 23.6 Å². The first-order valence-electron chi connectivity index (χ1n) is 14.4. The standard InChI is InChI=1S/C34H40ClF4N3O/c1-6-12-23(3)30(13-7-2)24(4)41-25(5)42-33(21-26-14-9-8-10-15-26,31-19-18-28(35)22-40-31)27-16-11-17-29(20-27)43-34(38,39)32(36)37/h8-11,14-20,22,24,30,32,41-42H,3,5-7,12-13,21H2,1-2,4H3/t24-,30-,33+/m1/s1. The third-order valence-corrected chi connectivity index (χ3v) is 7.60. The van der Waals surface area contributed by atoms with Gasteiger partial charge in [0.2, 0.25) is 0 Å². The molecule has 3 rings (SSSR count). The lowest BCUT2D eigenvalue weighted by molar-refractivity contribution is -0.253. The van der Waals surface area contributed by atoms with Crippen molar-refractivity contribution in [2.75, 3.05) is 0 Å². The van der Waals surface area contributed by atoms with Crippen LogP contribution in [-0.2, 0) is 12.0 Å². The van der Waals surface area contributed by atoms with E-state index in [1.54, 1.807) is 18.2 Å². The fourth-order valence-electron chi connectivity index (χ4n) is 5.37. The predicted octanol–water partition coefficient (Wildman–Crippen LogP) is 9.27. The average Bonchev–Trinajstić information content (AvgIpc) is 2.96. The van der Waals surface area contributed by atoms with Crippen molar-refractivity contribution in [3.63, 3.8) is 0 Å². The molecule has 2 N–H and O–H groups in total. The van der Waals surface area contributed by atoms with Crippen molar-refractivity contribution in [1.29, 1.82) is 0 Å². The monoisotopic (exact) mass is 617 g/mol. The first-order chi connectivity index (χ1) is 20.4. The third-order valence-electron chi connectivity index (χ3n) is 7.38. The van der Waals surface area contributed by atoms with Gasteiger partial charge in [-0.1, -0.05) is 99.5 Å². The minimum Gasteiger partial charge on any atom is -0.428 e. The van der Waals surface area contributed by atoms with E-state index in [4.69, 9.17) is 11.6 Å². The molecule has 0 unspecified atom stereocenters. The summed E-state index contributed by atoms with van der Waals surface area (Å²) in [6, 6.07) is 18.7. The Hall–Kier alpha value is -3.52. The zero-order chi connectivity index (χ0) is 31.6. The quantitative estimate of drug-likeness (QED) is 0.117. The van der Waals surface area contributed by atoms with Crippen molar-refractivity contribution >= 4 is 11.6 Å². The van der Waals surface area contributed by atoms with Crippen LogP contribution in [0.15, 0.2) is 97.5 Å². The number of hydrogen-bond acceptors (Lipinski definition) is 4. The number of rotatable bonds is 17. The van der Waals surface area contributed by atoms with Gasteiger partial charge in [0.25, 0.3) is 0 Å². The van der Waals surface area contributed by atoms with Crippen molar-refractivity contribution in [1.82, 2.24) is 15.6 Å². The molecule has 0 radical (unpaired) electrons. The lowest BCUT2D eigenvalue weighted by atomic mass is 9.80. The minimum absolute atomic E-state index is 0.0222. The number of pyridine rings is 1. The molecular weight excluding hydrogens is 578 g/mol. The molecular formula is C34H40ClF4N3O. The molecule has 0 saturated heterocycles. The zero-order valence-electron chi connectivity index (χ0n) is 24.9. The molecule has 0 saturated carbocycles. The number of nitrogens with zero attached hydrogens (tertiary/aromatic N) is 1. The molecule has 0 spiro atoms. The average molecular weight is 618 g/mol. The number of alkyl halides is 4. The SMILES string of the molecule is C=C(N[C@H](C)[C@H](CCC)C(=C)CCC)N[C@@](Cc1ccccc1)(c1cccc(OC(F)(F)C(F)F)c1)c1ccc(Cl)cn1. The highest BCUT2D eigenvalue weighted by Crippen LogP contribution is 2.37. The fourth-order valence-corrected chi connectivity index (χ4v) is 5.48. The molecule has 0 amide bonds. The highest BCUT2D eigenvalue weighted by Gasteiger charge is 2.44. The summed E-state index contributed by atoms with van der Waals surface area (Å²) in [4.78, 5) is 4.62. The second-order valence-corrected chi connectivity index (χ2v) is 11.2. The fraction of sp³-hybridized carbons (Fsp3) is 0.382. The summed E-state index contributed by atoms with van der Waals surface area (Å²) >= 11 is 6.19. The van der Waals surface area contributed by atoms with Crippen LogP contribution in [0.5, 0.6) is 5.75 Å². The molecule has 0 aliphatic rings. The van der Waals surface area contributed by atoms with Crippen molar-refractivity contribution in [3.05, 3.63) is 119 Å². The van der Waals surface area contributed by atoms with E-state index in [-0.39, 0.29) is 12.0 Å². The van der Waals surface area contributed by atoms with Crippen molar-refractivity contribution < 1.29 is 22.3 Å². The molecule has 3 atom stereocenters. The van der Waals surface area contributed by atoms with Gasteiger partial charge in [0.05, 0.1) is 16.5 Å². The summed E-state index contributed by atoms with van der Waals surface area (Å²) in [6.07, 6.45) is -3.02. The van der Waals surface area contributed by atoms with Gasteiger partial charge in [-0.2, -0.15) is 17.6 Å².